The van der Waals surface area contributed by atoms with Crippen LogP contribution in [0.2, 0.25) is 0 Å². The molecule has 0 saturated carbocycles. The van der Waals surface area contributed by atoms with Gasteiger partial charge in [-0.15, -0.1) is 11.3 Å². The predicted octanol–water partition coefficient (Wildman–Crippen LogP) is 3.41. The summed E-state index contributed by atoms with van der Waals surface area (Å²) in [6, 6.07) is 4.25. The SMILES string of the molecule is CC(=O)c1cc(F)cc(NCc2nc(C)cs2)c1. The van der Waals surface area contributed by atoms with Gasteiger partial charge in [0.1, 0.15) is 10.8 Å². The second kappa shape index (κ2) is 5.27. The van der Waals surface area contributed by atoms with Crippen LogP contribution in [-0.4, -0.2) is 10.8 Å². The smallest absolute Gasteiger partial charge is 0.159 e. The Kier molecular flexibility index (Phi) is 3.72. The molecule has 0 spiro atoms. The average molecular weight is 264 g/mol. The summed E-state index contributed by atoms with van der Waals surface area (Å²) < 4.78 is 13.3. The molecular weight excluding hydrogens is 251 g/mol. The average Bonchev–Trinajstić information content (AvgIpc) is 2.72. The monoisotopic (exact) mass is 264 g/mol. The van der Waals surface area contributed by atoms with Gasteiger partial charge in [0.15, 0.2) is 5.78 Å². The first-order chi connectivity index (χ1) is 8.54. The fourth-order valence-electron chi connectivity index (χ4n) is 1.56. The number of carbonyl (C=O) groups excluding carboxylic acids is 1. The van der Waals surface area contributed by atoms with E-state index in [0.717, 1.165) is 10.7 Å². The number of aryl methyl sites for hydroxylation is 1. The van der Waals surface area contributed by atoms with Crippen LogP contribution in [-0.2, 0) is 6.54 Å². The van der Waals surface area contributed by atoms with Gasteiger partial charge in [0.05, 0.1) is 6.54 Å². The highest BCUT2D eigenvalue weighted by molar-refractivity contribution is 7.09. The molecule has 1 N–H and O–H groups in total. The molecule has 0 amide bonds. The van der Waals surface area contributed by atoms with Crippen LogP contribution in [0.5, 0.6) is 0 Å². The van der Waals surface area contributed by atoms with E-state index in [1.807, 2.05) is 12.3 Å². The van der Waals surface area contributed by atoms with E-state index in [9.17, 15) is 9.18 Å². The molecule has 2 aromatic rings. The van der Waals surface area contributed by atoms with Crippen LogP contribution in [0.25, 0.3) is 0 Å². The molecule has 18 heavy (non-hydrogen) atoms. The zero-order chi connectivity index (χ0) is 13.1. The molecule has 1 heterocycles. The van der Waals surface area contributed by atoms with Gasteiger partial charge in [0, 0.05) is 22.3 Å². The van der Waals surface area contributed by atoms with Crippen molar-refractivity contribution in [3.05, 3.63) is 45.7 Å². The summed E-state index contributed by atoms with van der Waals surface area (Å²) in [6.07, 6.45) is 0. The molecule has 2 rings (SSSR count). The molecule has 0 unspecified atom stereocenters. The van der Waals surface area contributed by atoms with Crippen LogP contribution in [0.15, 0.2) is 23.6 Å². The van der Waals surface area contributed by atoms with Gasteiger partial charge in [0.25, 0.3) is 0 Å². The number of thiazole rings is 1. The highest BCUT2D eigenvalue weighted by Crippen LogP contribution is 2.17. The third kappa shape index (κ3) is 3.13. The number of ketones is 1. The topological polar surface area (TPSA) is 42.0 Å². The first kappa shape index (κ1) is 12.7. The number of carbonyl (C=O) groups is 1. The summed E-state index contributed by atoms with van der Waals surface area (Å²) in [5.41, 5.74) is 1.93. The van der Waals surface area contributed by atoms with Crippen LogP contribution in [0, 0.1) is 12.7 Å². The largest absolute Gasteiger partial charge is 0.378 e. The van der Waals surface area contributed by atoms with Crippen molar-refractivity contribution >= 4 is 22.8 Å². The lowest BCUT2D eigenvalue weighted by atomic mass is 10.1. The highest BCUT2D eigenvalue weighted by atomic mass is 32.1. The lowest BCUT2D eigenvalue weighted by Crippen LogP contribution is -2.02. The molecule has 1 aromatic heterocycles. The Bertz CT molecular complexity index is 580. The third-order valence-electron chi connectivity index (χ3n) is 2.41. The van der Waals surface area contributed by atoms with Crippen LogP contribution < -0.4 is 5.32 Å². The number of halogens is 1. The van der Waals surface area contributed by atoms with Crippen molar-refractivity contribution in [2.75, 3.05) is 5.32 Å². The van der Waals surface area contributed by atoms with E-state index in [4.69, 9.17) is 0 Å². The summed E-state index contributed by atoms with van der Waals surface area (Å²) in [5, 5.41) is 5.96. The molecule has 0 bridgehead atoms. The maximum atomic E-state index is 13.3. The summed E-state index contributed by atoms with van der Waals surface area (Å²) in [7, 11) is 0. The molecule has 5 heteroatoms. The molecule has 0 aliphatic heterocycles. The lowest BCUT2D eigenvalue weighted by molar-refractivity contribution is 0.101. The normalized spacial score (nSPS) is 10.4. The molecule has 3 nitrogen and oxygen atoms in total. The molecular formula is C13H13FN2OS. The summed E-state index contributed by atoms with van der Waals surface area (Å²) in [5.74, 6) is -0.567. The van der Waals surface area contributed by atoms with E-state index in [0.29, 0.717) is 17.8 Å². The number of hydrogen-bond acceptors (Lipinski definition) is 4. The van der Waals surface area contributed by atoms with Crippen molar-refractivity contribution in [1.82, 2.24) is 4.98 Å². The Morgan fingerprint density at radius 3 is 2.83 bits per heavy atom. The quantitative estimate of drug-likeness (QED) is 0.860. The van der Waals surface area contributed by atoms with E-state index in [1.165, 1.54) is 19.1 Å². The molecule has 94 valence electrons. The van der Waals surface area contributed by atoms with Gasteiger partial charge < -0.3 is 5.32 Å². The van der Waals surface area contributed by atoms with Crippen molar-refractivity contribution < 1.29 is 9.18 Å². The second-order valence-electron chi connectivity index (χ2n) is 4.02. The minimum absolute atomic E-state index is 0.150. The van der Waals surface area contributed by atoms with E-state index < -0.39 is 5.82 Å². The van der Waals surface area contributed by atoms with Crippen LogP contribution in [0.3, 0.4) is 0 Å². The van der Waals surface area contributed by atoms with E-state index in [2.05, 4.69) is 10.3 Å². The fraction of sp³-hybridized carbons (Fsp3) is 0.231. The Hall–Kier alpha value is -1.75. The van der Waals surface area contributed by atoms with Gasteiger partial charge in [0.2, 0.25) is 0 Å². The molecule has 0 aliphatic carbocycles. The molecule has 0 radical (unpaired) electrons. The van der Waals surface area contributed by atoms with E-state index >= 15 is 0 Å². The Morgan fingerprint density at radius 1 is 1.44 bits per heavy atom. The maximum absolute atomic E-state index is 13.3. The number of benzene rings is 1. The van der Waals surface area contributed by atoms with Gasteiger partial charge >= 0.3 is 0 Å². The van der Waals surface area contributed by atoms with Crippen LogP contribution >= 0.6 is 11.3 Å². The second-order valence-corrected chi connectivity index (χ2v) is 4.96. The van der Waals surface area contributed by atoms with Gasteiger partial charge in [-0.25, -0.2) is 9.37 Å². The van der Waals surface area contributed by atoms with Gasteiger partial charge in [-0.3, -0.25) is 4.79 Å². The zero-order valence-corrected chi connectivity index (χ0v) is 11.0. The van der Waals surface area contributed by atoms with Crippen LogP contribution in [0.4, 0.5) is 10.1 Å². The standard InChI is InChI=1S/C13H13FN2OS/c1-8-7-18-13(16-8)6-15-12-4-10(9(2)17)3-11(14)5-12/h3-5,7,15H,6H2,1-2H3. The molecule has 1 aromatic carbocycles. The van der Waals surface area contributed by atoms with E-state index in [-0.39, 0.29) is 5.78 Å². The Morgan fingerprint density at radius 2 is 2.22 bits per heavy atom. The number of nitrogens with one attached hydrogen (secondary N) is 1. The maximum Gasteiger partial charge on any atom is 0.159 e. The summed E-state index contributed by atoms with van der Waals surface area (Å²) >= 11 is 1.55. The van der Waals surface area contributed by atoms with E-state index in [1.54, 1.807) is 17.4 Å². The van der Waals surface area contributed by atoms with Crippen molar-refractivity contribution in [3.63, 3.8) is 0 Å². The van der Waals surface area contributed by atoms with Crippen molar-refractivity contribution in [1.29, 1.82) is 0 Å². The Labute approximate surface area is 109 Å². The van der Waals surface area contributed by atoms with Crippen LogP contribution in [0.1, 0.15) is 28.0 Å². The third-order valence-corrected chi connectivity index (χ3v) is 3.38. The predicted molar refractivity (Wildman–Crippen MR) is 70.6 cm³/mol. The number of aromatic nitrogens is 1. The minimum atomic E-state index is -0.416. The zero-order valence-electron chi connectivity index (χ0n) is 10.2. The Balaban J connectivity index is 2.11. The van der Waals surface area contributed by atoms with Crippen molar-refractivity contribution in [3.8, 4) is 0 Å². The number of rotatable bonds is 4. The number of Topliss-reactive ketones (excluding diaryl/α,β-unsaturated/α-hetero) is 1. The molecule has 0 atom stereocenters. The summed E-state index contributed by atoms with van der Waals surface area (Å²) in [4.78, 5) is 15.5. The fourth-order valence-corrected chi connectivity index (χ4v) is 2.27. The minimum Gasteiger partial charge on any atom is -0.378 e. The van der Waals surface area contributed by atoms with Gasteiger partial charge in [-0.2, -0.15) is 0 Å². The van der Waals surface area contributed by atoms with Gasteiger partial charge in [-0.1, -0.05) is 0 Å². The van der Waals surface area contributed by atoms with Crippen molar-refractivity contribution in [2.24, 2.45) is 0 Å². The van der Waals surface area contributed by atoms with Crippen molar-refractivity contribution in [2.45, 2.75) is 20.4 Å². The first-order valence-electron chi connectivity index (χ1n) is 5.51. The highest BCUT2D eigenvalue weighted by Gasteiger charge is 2.05. The van der Waals surface area contributed by atoms with Gasteiger partial charge in [-0.05, 0) is 32.0 Å². The number of hydrogen-bond donors (Lipinski definition) is 1. The molecule has 0 saturated heterocycles. The molecule has 0 aliphatic rings. The lowest BCUT2D eigenvalue weighted by Gasteiger charge is -2.06. The number of anilines is 1. The molecule has 0 fully saturated rings. The summed E-state index contributed by atoms with van der Waals surface area (Å²) in [6.45, 7) is 3.87. The number of nitrogens with zero attached hydrogens (tertiary/aromatic N) is 1. The first-order valence-corrected chi connectivity index (χ1v) is 6.39.